The Morgan fingerprint density at radius 1 is 1.46 bits per heavy atom. The number of alkyl halides is 1. The van der Waals surface area contributed by atoms with Crippen LogP contribution in [0.4, 0.5) is 0 Å². The molecule has 0 nitrogen and oxygen atoms in total. The Bertz CT molecular complexity index is 247. The molecule has 0 aliphatic carbocycles. The van der Waals surface area contributed by atoms with Gasteiger partial charge in [-0.15, -0.1) is 11.6 Å². The average Bonchev–Trinajstić information content (AvgIpc) is 2.48. The lowest BCUT2D eigenvalue weighted by molar-refractivity contribution is 0.676. The Morgan fingerprint density at radius 3 is 2.77 bits per heavy atom. The molecule has 74 valence electrons. The van der Waals surface area contributed by atoms with Crippen molar-refractivity contribution in [2.75, 3.05) is 0 Å². The fraction of sp³-hybridized carbons (Fsp3) is 0.600. The van der Waals surface area contributed by atoms with Gasteiger partial charge in [-0.05, 0) is 46.1 Å². The van der Waals surface area contributed by atoms with Gasteiger partial charge in [0, 0.05) is 15.2 Å². The molecule has 0 aromatic carbocycles. The summed E-state index contributed by atoms with van der Waals surface area (Å²) in [6.45, 7) is 2.18. The van der Waals surface area contributed by atoms with Crippen molar-refractivity contribution in [3.05, 3.63) is 20.8 Å². The summed E-state index contributed by atoms with van der Waals surface area (Å²) in [5.74, 6) is 0. The van der Waals surface area contributed by atoms with E-state index in [9.17, 15) is 0 Å². The molecule has 0 spiro atoms. The third kappa shape index (κ3) is 4.01. The molecule has 0 bridgehead atoms. The van der Waals surface area contributed by atoms with Gasteiger partial charge < -0.3 is 0 Å². The molecule has 3 heteroatoms. The summed E-state index contributed by atoms with van der Waals surface area (Å²) < 4.78 is 1.23. The smallest absolute Gasteiger partial charge is 0.0339 e. The predicted molar refractivity (Wildman–Crippen MR) is 64.9 cm³/mol. The van der Waals surface area contributed by atoms with E-state index < -0.39 is 0 Å². The summed E-state index contributed by atoms with van der Waals surface area (Å²) in [6, 6.07) is 0. The van der Waals surface area contributed by atoms with E-state index in [0.29, 0.717) is 5.38 Å². The largest absolute Gasteiger partial charge is 0.151 e. The molecule has 1 rings (SSSR count). The van der Waals surface area contributed by atoms with Crippen LogP contribution in [-0.2, 0) is 6.42 Å². The van der Waals surface area contributed by atoms with Crippen LogP contribution in [0.2, 0.25) is 0 Å². The molecular formula is C10H14BrClS. The van der Waals surface area contributed by atoms with E-state index in [2.05, 4.69) is 33.6 Å². The van der Waals surface area contributed by atoms with Crippen molar-refractivity contribution in [2.24, 2.45) is 0 Å². The summed E-state index contributed by atoms with van der Waals surface area (Å²) >= 11 is 11.4. The maximum Gasteiger partial charge on any atom is 0.0339 e. The first-order valence-electron chi connectivity index (χ1n) is 4.58. The molecule has 0 fully saturated rings. The molecule has 0 radical (unpaired) electrons. The highest BCUT2D eigenvalue weighted by Gasteiger charge is 2.06. The molecule has 1 heterocycles. The molecule has 0 saturated heterocycles. The topological polar surface area (TPSA) is 0 Å². The highest BCUT2D eigenvalue weighted by Crippen LogP contribution is 2.24. The van der Waals surface area contributed by atoms with E-state index in [0.717, 1.165) is 19.3 Å². The molecule has 1 aromatic heterocycles. The van der Waals surface area contributed by atoms with E-state index in [4.69, 9.17) is 11.6 Å². The van der Waals surface area contributed by atoms with Crippen LogP contribution in [0.1, 0.15) is 31.7 Å². The highest BCUT2D eigenvalue weighted by atomic mass is 79.9. The van der Waals surface area contributed by atoms with Crippen LogP contribution in [-0.4, -0.2) is 5.38 Å². The minimum Gasteiger partial charge on any atom is -0.151 e. The van der Waals surface area contributed by atoms with Gasteiger partial charge in [-0.1, -0.05) is 13.3 Å². The minimum atomic E-state index is 0.344. The maximum absolute atomic E-state index is 6.14. The van der Waals surface area contributed by atoms with Gasteiger partial charge in [-0.25, -0.2) is 0 Å². The fourth-order valence-corrected chi connectivity index (χ4v) is 3.12. The van der Waals surface area contributed by atoms with Gasteiger partial charge in [0.15, 0.2) is 0 Å². The molecule has 1 atom stereocenters. The average molecular weight is 282 g/mol. The third-order valence-electron chi connectivity index (χ3n) is 2.02. The van der Waals surface area contributed by atoms with Gasteiger partial charge >= 0.3 is 0 Å². The zero-order valence-electron chi connectivity index (χ0n) is 7.72. The lowest BCUT2D eigenvalue weighted by Crippen LogP contribution is -1.99. The molecule has 0 N–H and O–H groups in total. The van der Waals surface area contributed by atoms with Crippen LogP contribution in [0.25, 0.3) is 0 Å². The Labute approximate surface area is 97.4 Å². The van der Waals surface area contributed by atoms with Crippen molar-refractivity contribution in [2.45, 2.75) is 38.0 Å². The van der Waals surface area contributed by atoms with Crippen LogP contribution < -0.4 is 0 Å². The standard InChI is InChI=1S/C10H14BrClS/c1-2-3-9(12)5-4-8-6-13-7-10(8)11/h6-7,9H,2-5H2,1H3. The van der Waals surface area contributed by atoms with Crippen LogP contribution in [0, 0.1) is 0 Å². The lowest BCUT2D eigenvalue weighted by Gasteiger charge is -2.06. The van der Waals surface area contributed by atoms with Crippen molar-refractivity contribution in [3.8, 4) is 0 Å². The molecule has 0 aliphatic heterocycles. The Kier molecular flexibility index (Phi) is 5.37. The lowest BCUT2D eigenvalue weighted by atomic mass is 10.1. The first kappa shape index (κ1) is 11.5. The highest BCUT2D eigenvalue weighted by molar-refractivity contribution is 9.10. The minimum absolute atomic E-state index is 0.344. The molecule has 1 unspecified atom stereocenters. The normalized spacial score (nSPS) is 13.2. The summed E-state index contributed by atoms with van der Waals surface area (Å²) in [5.41, 5.74) is 1.40. The van der Waals surface area contributed by atoms with Gasteiger partial charge in [-0.2, -0.15) is 11.3 Å². The Morgan fingerprint density at radius 2 is 2.23 bits per heavy atom. The van der Waals surface area contributed by atoms with E-state index in [-0.39, 0.29) is 0 Å². The van der Waals surface area contributed by atoms with Gasteiger partial charge in [0.2, 0.25) is 0 Å². The van der Waals surface area contributed by atoms with Gasteiger partial charge in [0.25, 0.3) is 0 Å². The summed E-state index contributed by atoms with van der Waals surface area (Å²) in [6.07, 6.45) is 4.49. The van der Waals surface area contributed by atoms with Gasteiger partial charge in [-0.3, -0.25) is 0 Å². The van der Waals surface area contributed by atoms with Crippen molar-refractivity contribution in [3.63, 3.8) is 0 Å². The first-order chi connectivity index (χ1) is 6.24. The second kappa shape index (κ2) is 6.05. The van der Waals surface area contributed by atoms with E-state index >= 15 is 0 Å². The Hall–Kier alpha value is 0.470. The molecule has 0 saturated carbocycles. The number of aryl methyl sites for hydroxylation is 1. The van der Waals surface area contributed by atoms with Crippen molar-refractivity contribution in [1.29, 1.82) is 0 Å². The zero-order chi connectivity index (χ0) is 9.68. The number of hydrogen-bond acceptors (Lipinski definition) is 1. The number of thiophene rings is 1. The Balaban J connectivity index is 2.30. The van der Waals surface area contributed by atoms with Crippen molar-refractivity contribution in [1.82, 2.24) is 0 Å². The fourth-order valence-electron chi connectivity index (χ4n) is 1.26. The summed E-state index contributed by atoms with van der Waals surface area (Å²) in [4.78, 5) is 0. The van der Waals surface area contributed by atoms with Crippen LogP contribution in [0.3, 0.4) is 0 Å². The van der Waals surface area contributed by atoms with Gasteiger partial charge in [0.05, 0.1) is 0 Å². The van der Waals surface area contributed by atoms with Crippen molar-refractivity contribution < 1.29 is 0 Å². The molecule has 0 amide bonds. The molecule has 1 aromatic rings. The monoisotopic (exact) mass is 280 g/mol. The molecule has 13 heavy (non-hydrogen) atoms. The predicted octanol–water partition coefficient (Wildman–Crippen LogP) is 4.85. The first-order valence-corrected chi connectivity index (χ1v) is 6.76. The van der Waals surface area contributed by atoms with Crippen LogP contribution >= 0.6 is 38.9 Å². The van der Waals surface area contributed by atoms with Crippen molar-refractivity contribution >= 4 is 38.9 Å². The second-order valence-electron chi connectivity index (χ2n) is 3.17. The zero-order valence-corrected chi connectivity index (χ0v) is 10.9. The van der Waals surface area contributed by atoms with Crippen LogP contribution in [0.15, 0.2) is 15.2 Å². The maximum atomic E-state index is 6.14. The number of rotatable bonds is 5. The van der Waals surface area contributed by atoms with Gasteiger partial charge in [0.1, 0.15) is 0 Å². The van der Waals surface area contributed by atoms with Crippen LogP contribution in [0.5, 0.6) is 0 Å². The summed E-state index contributed by atoms with van der Waals surface area (Å²) in [5, 5.41) is 4.66. The van der Waals surface area contributed by atoms with E-state index in [1.54, 1.807) is 11.3 Å². The quantitative estimate of drug-likeness (QED) is 0.677. The van der Waals surface area contributed by atoms with E-state index in [1.807, 2.05) is 0 Å². The number of halogens is 2. The SMILES string of the molecule is CCCC(Cl)CCc1cscc1Br. The van der Waals surface area contributed by atoms with E-state index in [1.165, 1.54) is 16.5 Å². The molecular weight excluding hydrogens is 268 g/mol. The number of hydrogen-bond donors (Lipinski definition) is 0. The second-order valence-corrected chi connectivity index (χ2v) is 5.38. The third-order valence-corrected chi connectivity index (χ3v) is 4.29. The molecule has 0 aliphatic rings. The summed E-state index contributed by atoms with van der Waals surface area (Å²) in [7, 11) is 0.